The number of hydrogen-bond donors (Lipinski definition) is 3. The van der Waals surface area contributed by atoms with Crippen molar-refractivity contribution in [1.29, 1.82) is 0 Å². The fraction of sp³-hybridized carbons (Fsp3) is 0.467. The number of benzene rings is 1. The van der Waals surface area contributed by atoms with Gasteiger partial charge in [0.25, 0.3) is 5.91 Å². The van der Waals surface area contributed by atoms with Crippen LogP contribution in [0, 0.1) is 23.6 Å². The first kappa shape index (κ1) is 16.0. The van der Waals surface area contributed by atoms with Gasteiger partial charge in [-0.1, -0.05) is 11.6 Å². The average molecular weight is 342 g/mol. The smallest absolute Gasteiger partial charge is 0.258 e. The van der Waals surface area contributed by atoms with Crippen LogP contribution in [0.2, 0.25) is 5.02 Å². The van der Waals surface area contributed by atoms with Crippen molar-refractivity contribution < 1.29 is 18.7 Å². The molecule has 2 aliphatic carbocycles. The molecule has 23 heavy (non-hydrogen) atoms. The van der Waals surface area contributed by atoms with Crippen LogP contribution in [0.1, 0.15) is 12.8 Å². The number of halogens is 2. The first-order valence-electron chi connectivity index (χ1n) is 7.37. The fourth-order valence-corrected chi connectivity index (χ4v) is 3.55. The third kappa shape index (κ3) is 3.40. The quantitative estimate of drug-likeness (QED) is 0.423. The Labute approximate surface area is 137 Å². The van der Waals surface area contributed by atoms with Crippen LogP contribution in [0.25, 0.3) is 0 Å². The van der Waals surface area contributed by atoms with Gasteiger partial charge in [-0.2, -0.15) is 0 Å². The summed E-state index contributed by atoms with van der Waals surface area (Å²) in [7, 11) is 0. The lowest BCUT2D eigenvalue weighted by Gasteiger charge is -2.16. The van der Waals surface area contributed by atoms with E-state index in [9.17, 15) is 14.0 Å². The number of nitrogens with one attached hydrogen (secondary N) is 2. The molecule has 4 atom stereocenters. The second-order valence-electron chi connectivity index (χ2n) is 5.96. The zero-order chi connectivity index (χ0) is 16.6. The second kappa shape index (κ2) is 6.33. The third-order valence-corrected chi connectivity index (χ3v) is 4.82. The number of hydrazine groups is 1. The molecule has 0 aliphatic heterocycles. The van der Waals surface area contributed by atoms with Crippen molar-refractivity contribution in [1.82, 2.24) is 10.7 Å². The first-order valence-corrected chi connectivity index (χ1v) is 7.75. The van der Waals surface area contributed by atoms with Gasteiger partial charge in [0, 0.05) is 18.0 Å². The molecule has 0 saturated heterocycles. The lowest BCUT2D eigenvalue weighted by Crippen LogP contribution is -2.39. The summed E-state index contributed by atoms with van der Waals surface area (Å²) in [5.74, 6) is 4.97. The van der Waals surface area contributed by atoms with Crippen molar-refractivity contribution in [3.8, 4) is 5.75 Å². The minimum atomic E-state index is -0.593. The largest absolute Gasteiger partial charge is 0.484 e. The summed E-state index contributed by atoms with van der Waals surface area (Å²) in [6.45, 7) is -0.195. The normalized spacial score (nSPS) is 28.0. The number of carbonyl (C=O) groups is 2. The Morgan fingerprint density at radius 1 is 1.35 bits per heavy atom. The second-order valence-corrected chi connectivity index (χ2v) is 6.37. The fourth-order valence-electron chi connectivity index (χ4n) is 3.43. The van der Waals surface area contributed by atoms with Gasteiger partial charge in [-0.3, -0.25) is 15.0 Å². The molecule has 6 nitrogen and oxygen atoms in total. The molecular weight excluding hydrogens is 325 g/mol. The summed E-state index contributed by atoms with van der Waals surface area (Å²) in [5.41, 5.74) is 2.17. The summed E-state index contributed by atoms with van der Waals surface area (Å²) >= 11 is 5.57. The van der Waals surface area contributed by atoms with Crippen LogP contribution in [0.15, 0.2) is 18.2 Å². The maximum atomic E-state index is 13.3. The molecular formula is C15H17ClFN3O3. The van der Waals surface area contributed by atoms with Crippen LogP contribution in [-0.4, -0.2) is 24.5 Å². The molecule has 124 valence electrons. The van der Waals surface area contributed by atoms with Crippen LogP contribution in [0.5, 0.6) is 5.75 Å². The number of hydrogen-bond acceptors (Lipinski definition) is 4. The van der Waals surface area contributed by atoms with E-state index in [-0.39, 0.29) is 41.2 Å². The molecule has 1 aromatic rings. The Bertz CT molecular complexity index is 630. The predicted octanol–water partition coefficient (Wildman–Crippen LogP) is 0.989. The van der Waals surface area contributed by atoms with E-state index in [4.69, 9.17) is 22.2 Å². The summed E-state index contributed by atoms with van der Waals surface area (Å²) in [6, 6.07) is 4.05. The topological polar surface area (TPSA) is 93.5 Å². The zero-order valence-electron chi connectivity index (χ0n) is 12.2. The highest BCUT2D eigenvalue weighted by Gasteiger charge is 2.59. The average Bonchev–Trinajstić information content (AvgIpc) is 3.03. The van der Waals surface area contributed by atoms with Gasteiger partial charge < -0.3 is 10.1 Å². The van der Waals surface area contributed by atoms with E-state index in [2.05, 4.69) is 10.7 Å². The molecule has 0 radical (unpaired) electrons. The van der Waals surface area contributed by atoms with Crippen LogP contribution >= 0.6 is 11.6 Å². The molecule has 2 saturated carbocycles. The molecule has 2 fully saturated rings. The Balaban J connectivity index is 1.41. The molecule has 0 heterocycles. The Morgan fingerprint density at radius 2 is 2.04 bits per heavy atom. The molecule has 0 spiro atoms. The Morgan fingerprint density at radius 3 is 2.65 bits per heavy atom. The van der Waals surface area contributed by atoms with Crippen molar-refractivity contribution in [2.75, 3.05) is 6.61 Å². The first-order chi connectivity index (χ1) is 11.0. The van der Waals surface area contributed by atoms with Crippen LogP contribution in [0.4, 0.5) is 4.39 Å². The van der Waals surface area contributed by atoms with Gasteiger partial charge >= 0.3 is 0 Å². The summed E-state index contributed by atoms with van der Waals surface area (Å²) in [5, 5.41) is 2.87. The SMILES string of the molecule is NNC(=O)C1[C@H]2CC(NC(=O)COc3ccc(Cl)c(F)c3)C[C@@H]12. The number of ether oxygens (including phenoxy) is 1. The molecule has 3 rings (SSSR count). The summed E-state index contributed by atoms with van der Waals surface area (Å²) < 4.78 is 18.5. The van der Waals surface area contributed by atoms with Gasteiger partial charge in [0.15, 0.2) is 6.61 Å². The van der Waals surface area contributed by atoms with E-state index >= 15 is 0 Å². The van der Waals surface area contributed by atoms with Crippen molar-refractivity contribution in [2.24, 2.45) is 23.6 Å². The van der Waals surface area contributed by atoms with Gasteiger partial charge in [-0.15, -0.1) is 0 Å². The van der Waals surface area contributed by atoms with Crippen LogP contribution in [0.3, 0.4) is 0 Å². The van der Waals surface area contributed by atoms with Gasteiger partial charge in [0.05, 0.1) is 5.02 Å². The van der Waals surface area contributed by atoms with E-state index in [1.54, 1.807) is 0 Å². The molecule has 4 N–H and O–H groups in total. The van der Waals surface area contributed by atoms with Crippen LogP contribution < -0.4 is 21.3 Å². The van der Waals surface area contributed by atoms with E-state index in [1.165, 1.54) is 12.1 Å². The van der Waals surface area contributed by atoms with Gasteiger partial charge in [-0.25, -0.2) is 10.2 Å². The maximum Gasteiger partial charge on any atom is 0.258 e. The number of nitrogens with two attached hydrogens (primary N) is 1. The number of fused-ring (bicyclic) bond motifs is 1. The monoisotopic (exact) mass is 341 g/mol. The Kier molecular flexibility index (Phi) is 4.41. The van der Waals surface area contributed by atoms with Gasteiger partial charge in [-0.05, 0) is 36.8 Å². The molecule has 2 amide bonds. The standard InChI is InChI=1S/C15H17ClFN3O3/c16-11-2-1-8(5-12(11)17)23-6-13(21)19-7-3-9-10(4-7)14(9)15(22)20-18/h1-2,5,7,9-10,14H,3-4,6,18H2,(H,19,21)(H,20,22)/t7?,9-,10+,14?. The Hall–Kier alpha value is -1.86. The van der Waals surface area contributed by atoms with E-state index in [0.717, 1.165) is 18.9 Å². The molecule has 2 unspecified atom stereocenters. The van der Waals surface area contributed by atoms with Crippen molar-refractivity contribution in [2.45, 2.75) is 18.9 Å². The van der Waals surface area contributed by atoms with Gasteiger partial charge in [0.2, 0.25) is 5.91 Å². The number of carbonyl (C=O) groups excluding carboxylic acids is 2. The maximum absolute atomic E-state index is 13.3. The number of amides is 2. The van der Waals surface area contributed by atoms with Crippen molar-refractivity contribution >= 4 is 23.4 Å². The lowest BCUT2D eigenvalue weighted by molar-refractivity contribution is -0.123. The highest BCUT2D eigenvalue weighted by atomic mass is 35.5. The lowest BCUT2D eigenvalue weighted by atomic mass is 10.1. The molecule has 2 aliphatic rings. The zero-order valence-corrected chi connectivity index (χ0v) is 13.0. The van der Waals surface area contributed by atoms with Crippen molar-refractivity contribution in [3.05, 3.63) is 29.0 Å². The predicted molar refractivity (Wildman–Crippen MR) is 80.9 cm³/mol. The summed E-state index contributed by atoms with van der Waals surface area (Å²) in [4.78, 5) is 23.3. The minimum Gasteiger partial charge on any atom is -0.484 e. The highest BCUT2D eigenvalue weighted by molar-refractivity contribution is 6.30. The molecule has 0 bridgehead atoms. The summed E-state index contributed by atoms with van der Waals surface area (Å²) in [6.07, 6.45) is 1.54. The molecule has 1 aromatic carbocycles. The highest BCUT2D eigenvalue weighted by Crippen LogP contribution is 2.57. The van der Waals surface area contributed by atoms with E-state index in [1.807, 2.05) is 0 Å². The third-order valence-electron chi connectivity index (χ3n) is 4.52. The van der Waals surface area contributed by atoms with Gasteiger partial charge in [0.1, 0.15) is 11.6 Å². The minimum absolute atomic E-state index is 0.00283. The van der Waals surface area contributed by atoms with Crippen molar-refractivity contribution in [3.63, 3.8) is 0 Å². The van der Waals surface area contributed by atoms with E-state index < -0.39 is 5.82 Å². The van der Waals surface area contributed by atoms with Crippen LogP contribution in [-0.2, 0) is 9.59 Å². The molecule has 0 aromatic heterocycles. The van der Waals surface area contributed by atoms with E-state index in [0.29, 0.717) is 11.8 Å². The molecule has 8 heteroatoms. The number of rotatable bonds is 5.